The molecule has 152 valence electrons. The van der Waals surface area contributed by atoms with Gasteiger partial charge in [0.2, 0.25) is 0 Å². The van der Waals surface area contributed by atoms with Gasteiger partial charge < -0.3 is 15.6 Å². The van der Waals surface area contributed by atoms with Crippen molar-refractivity contribution in [1.29, 1.82) is 0 Å². The van der Waals surface area contributed by atoms with Gasteiger partial charge in [-0.3, -0.25) is 4.98 Å². The van der Waals surface area contributed by atoms with Crippen LogP contribution in [-0.2, 0) is 0 Å². The number of fused-ring (bicyclic) bond motifs is 1. The van der Waals surface area contributed by atoms with E-state index in [-0.39, 0.29) is 16.9 Å². The van der Waals surface area contributed by atoms with Gasteiger partial charge in [-0.1, -0.05) is 12.1 Å². The van der Waals surface area contributed by atoms with E-state index in [4.69, 9.17) is 5.73 Å². The van der Waals surface area contributed by atoms with E-state index in [9.17, 15) is 13.2 Å². The van der Waals surface area contributed by atoms with E-state index in [1.807, 2.05) is 0 Å². The third kappa shape index (κ3) is 3.09. The van der Waals surface area contributed by atoms with Gasteiger partial charge in [-0.05, 0) is 30.3 Å². The standard InChI is InChI=1S/C22H18F3N5/c23-14-3-1-2-13(4-14)16-8-27-9-17(21(16)30-10-12(7-26)11-30)22-28-19-6-15(24)5-18(25)20(19)29-22/h1-6,8-9,12H,7,10-11,26H2,(H,28,29). The van der Waals surface area contributed by atoms with Crippen LogP contribution in [0, 0.1) is 23.4 Å². The summed E-state index contributed by atoms with van der Waals surface area (Å²) in [5, 5.41) is 0. The van der Waals surface area contributed by atoms with Crippen molar-refractivity contribution >= 4 is 16.7 Å². The third-order valence-corrected chi connectivity index (χ3v) is 5.42. The summed E-state index contributed by atoms with van der Waals surface area (Å²) in [7, 11) is 0. The van der Waals surface area contributed by atoms with Crippen molar-refractivity contribution in [3.8, 4) is 22.5 Å². The molecule has 0 unspecified atom stereocenters. The number of rotatable bonds is 4. The molecule has 5 rings (SSSR count). The van der Waals surface area contributed by atoms with Crippen molar-refractivity contribution in [2.75, 3.05) is 24.5 Å². The number of hydrogen-bond donors (Lipinski definition) is 2. The Kier molecular flexibility index (Phi) is 4.43. The highest BCUT2D eigenvalue weighted by Gasteiger charge is 2.30. The number of H-pyrrole nitrogens is 1. The van der Waals surface area contributed by atoms with Gasteiger partial charge in [0.05, 0.1) is 16.8 Å². The summed E-state index contributed by atoms with van der Waals surface area (Å²) in [5.41, 5.74) is 8.94. The molecule has 1 aliphatic rings. The minimum Gasteiger partial charge on any atom is -0.370 e. The van der Waals surface area contributed by atoms with Crippen LogP contribution in [0.2, 0.25) is 0 Å². The Morgan fingerprint density at radius 2 is 1.83 bits per heavy atom. The molecule has 0 radical (unpaired) electrons. The van der Waals surface area contributed by atoms with Gasteiger partial charge in [0, 0.05) is 43.0 Å². The van der Waals surface area contributed by atoms with E-state index in [1.54, 1.807) is 24.5 Å². The van der Waals surface area contributed by atoms with Gasteiger partial charge in [-0.25, -0.2) is 18.2 Å². The highest BCUT2D eigenvalue weighted by atomic mass is 19.1. The Balaban J connectivity index is 1.70. The zero-order valence-corrected chi connectivity index (χ0v) is 15.9. The van der Waals surface area contributed by atoms with Crippen molar-refractivity contribution in [1.82, 2.24) is 15.0 Å². The van der Waals surface area contributed by atoms with Crippen LogP contribution in [0.3, 0.4) is 0 Å². The SMILES string of the molecule is NCC1CN(c2c(-c3cccc(F)c3)cncc2-c2nc3c(F)cc(F)cc3[nH]2)C1. The van der Waals surface area contributed by atoms with Crippen LogP contribution in [0.15, 0.2) is 48.8 Å². The maximum atomic E-state index is 14.2. The molecule has 3 heterocycles. The minimum absolute atomic E-state index is 0.0527. The molecular formula is C22H18F3N5. The molecule has 8 heteroatoms. The Morgan fingerprint density at radius 1 is 1.03 bits per heavy atom. The third-order valence-electron chi connectivity index (χ3n) is 5.42. The Hall–Kier alpha value is -3.39. The zero-order chi connectivity index (χ0) is 20.8. The largest absolute Gasteiger partial charge is 0.370 e. The molecule has 0 atom stereocenters. The minimum atomic E-state index is -0.740. The zero-order valence-electron chi connectivity index (χ0n) is 15.9. The van der Waals surface area contributed by atoms with E-state index >= 15 is 0 Å². The van der Waals surface area contributed by atoms with Crippen molar-refractivity contribution < 1.29 is 13.2 Å². The lowest BCUT2D eigenvalue weighted by molar-refractivity contribution is 0.421. The predicted molar refractivity (Wildman–Crippen MR) is 109 cm³/mol. The van der Waals surface area contributed by atoms with Gasteiger partial charge in [0.25, 0.3) is 0 Å². The van der Waals surface area contributed by atoms with Crippen LogP contribution in [-0.4, -0.2) is 34.6 Å². The first-order valence-corrected chi connectivity index (χ1v) is 9.57. The first kappa shape index (κ1) is 18.6. The summed E-state index contributed by atoms with van der Waals surface area (Å²) < 4.78 is 41.7. The van der Waals surface area contributed by atoms with E-state index in [2.05, 4.69) is 19.9 Å². The number of aromatic amines is 1. The van der Waals surface area contributed by atoms with Crippen LogP contribution in [0.4, 0.5) is 18.9 Å². The Bertz CT molecular complexity index is 1250. The van der Waals surface area contributed by atoms with Crippen molar-refractivity contribution in [3.63, 3.8) is 0 Å². The molecule has 0 bridgehead atoms. The second-order valence-electron chi connectivity index (χ2n) is 7.47. The van der Waals surface area contributed by atoms with Crippen LogP contribution in [0.5, 0.6) is 0 Å². The highest BCUT2D eigenvalue weighted by Crippen LogP contribution is 2.41. The first-order chi connectivity index (χ1) is 14.5. The molecule has 1 saturated heterocycles. The van der Waals surface area contributed by atoms with E-state index in [0.29, 0.717) is 29.4 Å². The van der Waals surface area contributed by atoms with Gasteiger partial charge in [-0.15, -0.1) is 0 Å². The summed E-state index contributed by atoms with van der Waals surface area (Å²) in [6.07, 6.45) is 3.30. The molecule has 5 nitrogen and oxygen atoms in total. The highest BCUT2D eigenvalue weighted by molar-refractivity contribution is 5.91. The number of nitrogens with one attached hydrogen (secondary N) is 1. The normalized spacial score (nSPS) is 14.3. The van der Waals surface area contributed by atoms with E-state index in [0.717, 1.165) is 30.4 Å². The fourth-order valence-corrected chi connectivity index (χ4v) is 3.91. The van der Waals surface area contributed by atoms with Gasteiger partial charge >= 0.3 is 0 Å². The number of hydrogen-bond acceptors (Lipinski definition) is 4. The molecule has 4 aromatic rings. The van der Waals surface area contributed by atoms with E-state index < -0.39 is 11.6 Å². The number of nitrogens with two attached hydrogens (primary N) is 1. The summed E-state index contributed by atoms with van der Waals surface area (Å²) >= 11 is 0. The van der Waals surface area contributed by atoms with Gasteiger partial charge in [0.15, 0.2) is 5.82 Å². The first-order valence-electron chi connectivity index (χ1n) is 9.57. The number of imidazole rings is 1. The fraction of sp³-hybridized carbons (Fsp3) is 0.182. The molecule has 1 fully saturated rings. The van der Waals surface area contributed by atoms with Crippen LogP contribution < -0.4 is 10.6 Å². The Morgan fingerprint density at radius 3 is 2.60 bits per heavy atom. The number of nitrogens with zero attached hydrogens (tertiary/aromatic N) is 3. The second-order valence-corrected chi connectivity index (χ2v) is 7.47. The number of halogens is 3. The lowest BCUT2D eigenvalue weighted by atomic mass is 9.94. The number of pyridine rings is 1. The van der Waals surface area contributed by atoms with Crippen molar-refractivity contribution in [3.05, 3.63) is 66.2 Å². The smallest absolute Gasteiger partial charge is 0.153 e. The summed E-state index contributed by atoms with van der Waals surface area (Å²) in [5.74, 6) is -1.06. The predicted octanol–water partition coefficient (Wildman–Crippen LogP) is 4.10. The molecule has 3 N–H and O–H groups in total. The van der Waals surface area contributed by atoms with Gasteiger partial charge in [0.1, 0.15) is 23.0 Å². The summed E-state index contributed by atoms with van der Waals surface area (Å²) in [6.45, 7) is 2.04. The quantitative estimate of drug-likeness (QED) is 0.532. The molecule has 1 aliphatic heterocycles. The number of aromatic nitrogens is 3. The average Bonchev–Trinajstić information content (AvgIpc) is 3.11. The maximum Gasteiger partial charge on any atom is 0.153 e. The number of anilines is 1. The molecule has 2 aromatic heterocycles. The molecule has 2 aromatic carbocycles. The summed E-state index contributed by atoms with van der Waals surface area (Å²) in [6, 6.07) is 8.27. The molecule has 30 heavy (non-hydrogen) atoms. The fourth-order valence-electron chi connectivity index (χ4n) is 3.91. The van der Waals surface area contributed by atoms with Crippen LogP contribution >= 0.6 is 0 Å². The molecule has 0 spiro atoms. The van der Waals surface area contributed by atoms with Crippen LogP contribution in [0.25, 0.3) is 33.5 Å². The molecule has 0 aliphatic carbocycles. The lowest BCUT2D eigenvalue weighted by Crippen LogP contribution is -2.50. The summed E-state index contributed by atoms with van der Waals surface area (Å²) in [4.78, 5) is 13.8. The van der Waals surface area contributed by atoms with Crippen LogP contribution in [0.1, 0.15) is 0 Å². The maximum absolute atomic E-state index is 14.2. The van der Waals surface area contributed by atoms with E-state index in [1.165, 1.54) is 18.2 Å². The topological polar surface area (TPSA) is 70.8 Å². The van der Waals surface area contributed by atoms with Crippen molar-refractivity contribution in [2.45, 2.75) is 0 Å². The van der Waals surface area contributed by atoms with Crippen molar-refractivity contribution in [2.24, 2.45) is 11.7 Å². The number of benzene rings is 2. The average molecular weight is 409 g/mol. The molecule has 0 amide bonds. The lowest BCUT2D eigenvalue weighted by Gasteiger charge is -2.42. The monoisotopic (exact) mass is 409 g/mol. The second kappa shape index (κ2) is 7.14. The Labute approximate surface area is 170 Å². The molecular weight excluding hydrogens is 391 g/mol. The molecule has 0 saturated carbocycles. The van der Waals surface area contributed by atoms with Gasteiger partial charge in [-0.2, -0.15) is 0 Å².